The second-order valence-electron chi connectivity index (χ2n) is 6.96. The quantitative estimate of drug-likeness (QED) is 0.661. The van der Waals surface area contributed by atoms with E-state index in [9.17, 15) is 18.3 Å². The van der Waals surface area contributed by atoms with Crippen LogP contribution in [0, 0.1) is 6.92 Å². The molecule has 0 amide bonds. The topological polar surface area (TPSA) is 62.5 Å². The molecule has 0 bridgehead atoms. The van der Waals surface area contributed by atoms with Crippen molar-refractivity contribution in [3.05, 3.63) is 45.7 Å². The summed E-state index contributed by atoms with van der Waals surface area (Å²) < 4.78 is 42.8. The number of alkyl halides is 3. The van der Waals surface area contributed by atoms with Crippen molar-refractivity contribution >= 4 is 22.9 Å². The van der Waals surface area contributed by atoms with Gasteiger partial charge in [0.1, 0.15) is 6.23 Å². The van der Waals surface area contributed by atoms with Crippen molar-refractivity contribution in [2.45, 2.75) is 45.5 Å². The lowest BCUT2D eigenvalue weighted by Gasteiger charge is -2.16. The maximum absolute atomic E-state index is 13.9. The van der Waals surface area contributed by atoms with Crippen molar-refractivity contribution in [1.82, 2.24) is 14.6 Å². The monoisotopic (exact) mass is 410 g/mol. The van der Waals surface area contributed by atoms with E-state index in [1.807, 2.05) is 6.92 Å². The zero-order chi connectivity index (χ0) is 20.2. The van der Waals surface area contributed by atoms with Gasteiger partial charge in [-0.1, -0.05) is 18.5 Å². The Morgan fingerprint density at radius 3 is 2.75 bits per heavy atom. The third-order valence-corrected chi connectivity index (χ3v) is 5.07. The number of anilines is 1. The molecule has 148 valence electrons. The van der Waals surface area contributed by atoms with Gasteiger partial charge in [0.2, 0.25) is 0 Å². The summed E-state index contributed by atoms with van der Waals surface area (Å²) >= 11 is 6.12. The molecule has 4 rings (SSSR count). The highest BCUT2D eigenvalue weighted by Gasteiger charge is 2.37. The van der Waals surface area contributed by atoms with Gasteiger partial charge in [0, 0.05) is 24.1 Å². The van der Waals surface area contributed by atoms with Gasteiger partial charge in [0.05, 0.1) is 16.3 Å². The van der Waals surface area contributed by atoms with Gasteiger partial charge < -0.3 is 10.4 Å². The number of aliphatic hydroxyl groups is 1. The predicted octanol–water partition coefficient (Wildman–Crippen LogP) is 4.62. The summed E-state index contributed by atoms with van der Waals surface area (Å²) in [5.41, 5.74) is 1.83. The van der Waals surface area contributed by atoms with Crippen LogP contribution in [0.25, 0.3) is 16.9 Å². The summed E-state index contributed by atoms with van der Waals surface area (Å²) in [7, 11) is 0. The molecule has 3 aromatic rings. The largest absolute Gasteiger partial charge is 0.418 e. The van der Waals surface area contributed by atoms with Crippen molar-refractivity contribution in [2.24, 2.45) is 0 Å². The van der Waals surface area contributed by atoms with E-state index in [1.165, 1.54) is 4.52 Å². The first-order valence-electron chi connectivity index (χ1n) is 8.93. The number of nitrogens with one attached hydrogen (secondary N) is 1. The number of hydrogen-bond acceptors (Lipinski definition) is 4. The number of aromatic nitrogens is 3. The summed E-state index contributed by atoms with van der Waals surface area (Å²) in [4.78, 5) is 4.32. The van der Waals surface area contributed by atoms with Gasteiger partial charge in [-0.3, -0.25) is 0 Å². The molecule has 2 N–H and O–H groups in total. The zero-order valence-electron chi connectivity index (χ0n) is 15.2. The minimum atomic E-state index is -4.62. The highest BCUT2D eigenvalue weighted by Crippen LogP contribution is 2.42. The van der Waals surface area contributed by atoms with Crippen LogP contribution in [0.4, 0.5) is 18.9 Å². The highest BCUT2D eigenvalue weighted by atomic mass is 35.5. The van der Waals surface area contributed by atoms with Crippen molar-refractivity contribution in [1.29, 1.82) is 0 Å². The van der Waals surface area contributed by atoms with E-state index in [1.54, 1.807) is 19.1 Å². The van der Waals surface area contributed by atoms with Crippen molar-refractivity contribution in [3.8, 4) is 11.3 Å². The molecule has 0 radical (unpaired) electrons. The minimum absolute atomic E-state index is 0.0964. The van der Waals surface area contributed by atoms with E-state index in [0.29, 0.717) is 24.2 Å². The van der Waals surface area contributed by atoms with Crippen molar-refractivity contribution < 1.29 is 18.3 Å². The number of halogens is 4. The average Bonchev–Trinajstić information content (AvgIpc) is 3.17. The molecule has 28 heavy (non-hydrogen) atoms. The zero-order valence-corrected chi connectivity index (χ0v) is 16.0. The second kappa shape index (κ2) is 6.63. The summed E-state index contributed by atoms with van der Waals surface area (Å²) in [6, 6.07) is 4.22. The van der Waals surface area contributed by atoms with Gasteiger partial charge in [0.15, 0.2) is 11.5 Å². The number of nitrogens with zero attached hydrogens (tertiary/aromatic N) is 3. The number of pyridine rings is 1. The van der Waals surface area contributed by atoms with Crippen LogP contribution in [0.5, 0.6) is 0 Å². The normalized spacial score (nSPS) is 16.5. The highest BCUT2D eigenvalue weighted by molar-refractivity contribution is 6.33. The average molecular weight is 411 g/mol. The first-order chi connectivity index (χ1) is 13.2. The molecule has 0 spiro atoms. The van der Waals surface area contributed by atoms with E-state index in [4.69, 9.17) is 11.6 Å². The standard InChI is InChI=1S/C19H18ClF3N4O/c1-3-4-14-24-18-13(20)8-12(19(21,22)23)17(27(18)26-14)11-5-9(2)16-10(6-11)7-15(28)25-16/h5-6,8,15,25,28H,3-4,7H2,1-2H3. The van der Waals surface area contributed by atoms with Crippen LogP contribution in [-0.4, -0.2) is 25.9 Å². The Kier molecular flexibility index (Phi) is 4.50. The Hall–Kier alpha value is -2.32. The molecular formula is C19H18ClF3N4O. The first kappa shape index (κ1) is 19.0. The van der Waals surface area contributed by atoms with Crippen molar-refractivity contribution in [2.75, 3.05) is 5.32 Å². The molecule has 1 unspecified atom stereocenters. The summed E-state index contributed by atoms with van der Waals surface area (Å²) in [6.45, 7) is 3.73. The lowest BCUT2D eigenvalue weighted by molar-refractivity contribution is -0.137. The maximum Gasteiger partial charge on any atom is 0.418 e. The Morgan fingerprint density at radius 1 is 1.32 bits per heavy atom. The van der Waals surface area contributed by atoms with Gasteiger partial charge in [-0.2, -0.15) is 18.3 Å². The number of aliphatic hydroxyl groups excluding tert-OH is 1. The molecule has 1 aliphatic rings. The number of hydrogen-bond donors (Lipinski definition) is 2. The fourth-order valence-electron chi connectivity index (χ4n) is 3.65. The molecular weight excluding hydrogens is 393 g/mol. The van der Waals surface area contributed by atoms with Gasteiger partial charge in [-0.25, -0.2) is 9.50 Å². The lowest BCUT2D eigenvalue weighted by Crippen LogP contribution is -2.13. The molecule has 2 aromatic heterocycles. The molecule has 1 aliphatic heterocycles. The third-order valence-electron chi connectivity index (χ3n) is 4.80. The third kappa shape index (κ3) is 3.10. The minimum Gasteiger partial charge on any atom is -0.373 e. The van der Waals surface area contributed by atoms with E-state index in [0.717, 1.165) is 29.3 Å². The molecule has 1 atom stereocenters. The fraction of sp³-hybridized carbons (Fsp3) is 0.368. The van der Waals surface area contributed by atoms with E-state index in [2.05, 4.69) is 15.4 Å². The predicted molar refractivity (Wildman–Crippen MR) is 101 cm³/mol. The summed E-state index contributed by atoms with van der Waals surface area (Å²) in [5, 5.41) is 17.0. The van der Waals surface area contributed by atoms with Gasteiger partial charge >= 0.3 is 6.18 Å². The first-order valence-corrected chi connectivity index (χ1v) is 9.30. The summed E-state index contributed by atoms with van der Waals surface area (Å²) in [6.07, 6.45) is -3.75. The van der Waals surface area contributed by atoms with Crippen LogP contribution in [0.2, 0.25) is 5.02 Å². The lowest BCUT2D eigenvalue weighted by atomic mass is 9.98. The Morgan fingerprint density at radius 2 is 2.07 bits per heavy atom. The number of fused-ring (bicyclic) bond motifs is 2. The van der Waals surface area contributed by atoms with Crippen LogP contribution >= 0.6 is 11.6 Å². The number of aryl methyl sites for hydroxylation is 2. The van der Waals surface area contributed by atoms with Crippen LogP contribution in [-0.2, 0) is 19.0 Å². The number of rotatable bonds is 3. The Labute approximate surface area is 164 Å². The molecule has 0 aliphatic carbocycles. The van der Waals surface area contributed by atoms with Crippen molar-refractivity contribution in [3.63, 3.8) is 0 Å². The number of benzene rings is 1. The van der Waals surface area contributed by atoms with Crippen LogP contribution in [0.3, 0.4) is 0 Å². The van der Waals surface area contributed by atoms with Gasteiger partial charge in [-0.05, 0) is 42.7 Å². The second-order valence-corrected chi connectivity index (χ2v) is 7.36. The van der Waals surface area contributed by atoms with Crippen LogP contribution in [0.15, 0.2) is 18.2 Å². The molecule has 0 saturated heterocycles. The fourth-order valence-corrected chi connectivity index (χ4v) is 3.88. The molecule has 9 heteroatoms. The van der Waals surface area contributed by atoms with Gasteiger partial charge in [0.25, 0.3) is 0 Å². The smallest absolute Gasteiger partial charge is 0.373 e. The van der Waals surface area contributed by atoms with Crippen LogP contribution in [0.1, 0.15) is 35.9 Å². The van der Waals surface area contributed by atoms with E-state index in [-0.39, 0.29) is 16.4 Å². The van der Waals surface area contributed by atoms with E-state index < -0.39 is 18.0 Å². The van der Waals surface area contributed by atoms with Crippen LogP contribution < -0.4 is 5.32 Å². The Balaban J connectivity index is 2.03. The molecule has 5 nitrogen and oxygen atoms in total. The Bertz CT molecular complexity index is 1080. The summed E-state index contributed by atoms with van der Waals surface area (Å²) in [5.74, 6) is 0.444. The molecule has 0 saturated carbocycles. The molecule has 3 heterocycles. The maximum atomic E-state index is 13.9. The van der Waals surface area contributed by atoms with E-state index >= 15 is 0 Å². The van der Waals surface area contributed by atoms with Gasteiger partial charge in [-0.15, -0.1) is 0 Å². The molecule has 0 fully saturated rings. The molecule has 1 aromatic carbocycles. The SMILES string of the molecule is CCCc1nc2c(Cl)cc(C(F)(F)F)c(-c3cc(C)c4c(c3)CC(O)N4)n2n1.